The van der Waals surface area contributed by atoms with E-state index in [4.69, 9.17) is 9.47 Å². The van der Waals surface area contributed by atoms with Gasteiger partial charge in [0.15, 0.2) is 5.82 Å². The molecule has 1 saturated heterocycles. The van der Waals surface area contributed by atoms with Crippen LogP contribution in [0, 0.1) is 5.82 Å². The third-order valence-electron chi connectivity index (χ3n) is 5.61. The van der Waals surface area contributed by atoms with Crippen LogP contribution in [0.2, 0.25) is 0 Å². The molecule has 11 heteroatoms. The summed E-state index contributed by atoms with van der Waals surface area (Å²) in [6.07, 6.45) is -1.14. The Kier molecular flexibility index (Phi) is 5.28. The Bertz CT molecular complexity index is 1330. The number of halogens is 4. The van der Waals surface area contributed by atoms with Gasteiger partial charge in [-0.2, -0.15) is 23.1 Å². The summed E-state index contributed by atoms with van der Waals surface area (Å²) in [6, 6.07) is 3.71. The molecule has 33 heavy (non-hydrogen) atoms. The Hall–Kier alpha value is -3.47. The Balaban J connectivity index is 1.73. The number of ether oxygens (including phenoxy) is 2. The summed E-state index contributed by atoms with van der Waals surface area (Å²) < 4.78 is 67.4. The Morgan fingerprint density at radius 3 is 2.79 bits per heavy atom. The van der Waals surface area contributed by atoms with Gasteiger partial charge in [0.2, 0.25) is 0 Å². The van der Waals surface area contributed by atoms with Gasteiger partial charge >= 0.3 is 12.2 Å². The van der Waals surface area contributed by atoms with Crippen LogP contribution in [0.15, 0.2) is 30.6 Å². The highest BCUT2D eigenvalue weighted by molar-refractivity contribution is 6.00. The third kappa shape index (κ3) is 3.71. The molecule has 1 aliphatic rings. The Labute approximate surface area is 185 Å². The van der Waals surface area contributed by atoms with Gasteiger partial charge in [-0.15, -0.1) is 0 Å². The van der Waals surface area contributed by atoms with Crippen molar-refractivity contribution in [1.29, 1.82) is 0 Å². The summed E-state index contributed by atoms with van der Waals surface area (Å²) in [5.41, 5.74) is -0.962. The van der Waals surface area contributed by atoms with E-state index < -0.39 is 17.6 Å². The summed E-state index contributed by atoms with van der Waals surface area (Å²) in [5, 5.41) is 0.191. The molecule has 4 heterocycles. The van der Waals surface area contributed by atoms with Crippen LogP contribution < -0.4 is 9.64 Å². The van der Waals surface area contributed by atoms with Crippen molar-refractivity contribution in [2.24, 2.45) is 0 Å². The lowest BCUT2D eigenvalue weighted by atomic mass is 10.0. The first kappa shape index (κ1) is 21.4. The number of pyridine rings is 1. The number of benzene rings is 1. The van der Waals surface area contributed by atoms with Gasteiger partial charge in [0.05, 0.1) is 24.7 Å². The fourth-order valence-corrected chi connectivity index (χ4v) is 4.11. The monoisotopic (exact) mass is 461 g/mol. The number of aromatic amines is 1. The summed E-state index contributed by atoms with van der Waals surface area (Å²) in [4.78, 5) is 17.5. The molecule has 1 aliphatic heterocycles. The van der Waals surface area contributed by atoms with Gasteiger partial charge in [-0.1, -0.05) is 6.07 Å². The third-order valence-corrected chi connectivity index (χ3v) is 5.61. The van der Waals surface area contributed by atoms with Crippen LogP contribution in [-0.2, 0) is 10.9 Å². The highest BCUT2D eigenvalue weighted by Crippen LogP contribution is 2.41. The summed E-state index contributed by atoms with van der Waals surface area (Å²) >= 11 is 0. The van der Waals surface area contributed by atoms with Crippen LogP contribution in [0.25, 0.3) is 33.1 Å². The molecule has 7 nitrogen and oxygen atoms in total. The van der Waals surface area contributed by atoms with Crippen LogP contribution >= 0.6 is 0 Å². The van der Waals surface area contributed by atoms with Gasteiger partial charge in [-0.05, 0) is 18.6 Å². The molecule has 1 fully saturated rings. The second-order valence-electron chi connectivity index (χ2n) is 7.60. The molecule has 172 valence electrons. The zero-order chi connectivity index (χ0) is 23.2. The second kappa shape index (κ2) is 8.14. The first-order chi connectivity index (χ1) is 15.9. The Morgan fingerprint density at radius 2 is 2.00 bits per heavy atom. The number of methoxy groups -OCH3 is 1. The first-order valence-corrected chi connectivity index (χ1v) is 10.3. The number of H-pyrrole nitrogens is 1. The molecule has 4 aromatic rings. The van der Waals surface area contributed by atoms with E-state index in [1.807, 2.05) is 4.90 Å². The molecule has 0 saturated carbocycles. The van der Waals surface area contributed by atoms with E-state index in [1.165, 1.54) is 31.6 Å². The van der Waals surface area contributed by atoms with Crippen LogP contribution in [-0.4, -0.2) is 53.3 Å². The van der Waals surface area contributed by atoms with Gasteiger partial charge in [-0.3, -0.25) is 4.98 Å². The summed E-state index contributed by atoms with van der Waals surface area (Å²) in [5.74, 6) is -0.409. The maximum absolute atomic E-state index is 15.8. The van der Waals surface area contributed by atoms with Gasteiger partial charge in [0.1, 0.15) is 17.0 Å². The average molecular weight is 461 g/mol. The molecule has 1 aromatic carbocycles. The molecular formula is C22H19F4N5O2. The number of aromatic nitrogens is 4. The average Bonchev–Trinajstić information content (AvgIpc) is 3.04. The minimum atomic E-state index is -4.61. The fraction of sp³-hybridized carbons (Fsp3) is 0.318. The highest BCUT2D eigenvalue weighted by atomic mass is 19.4. The summed E-state index contributed by atoms with van der Waals surface area (Å²) in [7, 11) is 1.37. The fourth-order valence-electron chi connectivity index (χ4n) is 4.11. The number of rotatable bonds is 3. The number of anilines is 1. The molecule has 1 N–H and O–H groups in total. The molecule has 0 spiro atoms. The largest absolute Gasteiger partial charge is 0.467 e. The lowest BCUT2D eigenvalue weighted by Gasteiger charge is -2.22. The van der Waals surface area contributed by atoms with Crippen molar-refractivity contribution in [3.63, 3.8) is 0 Å². The zero-order valence-electron chi connectivity index (χ0n) is 17.5. The first-order valence-electron chi connectivity index (χ1n) is 10.3. The van der Waals surface area contributed by atoms with E-state index >= 15 is 4.39 Å². The molecule has 0 unspecified atom stereocenters. The van der Waals surface area contributed by atoms with Crippen LogP contribution in [0.4, 0.5) is 23.4 Å². The standard InChI is InChI=1S/C22H19F4N5O2/c1-32-21-29-19-13(20(30-21)31-6-3-8-33-9-7-31)11-28-18(17(19)23)12-10-27-15-5-2-4-14(16(12)15)22(24,25)26/h2,4-5,10-11,27H,3,6-9H2,1H3. The predicted molar refractivity (Wildman–Crippen MR) is 114 cm³/mol. The van der Waals surface area contributed by atoms with Crippen molar-refractivity contribution in [2.45, 2.75) is 12.6 Å². The number of fused-ring (bicyclic) bond motifs is 2. The van der Waals surface area contributed by atoms with E-state index in [-0.39, 0.29) is 33.7 Å². The van der Waals surface area contributed by atoms with E-state index in [1.54, 1.807) is 0 Å². The van der Waals surface area contributed by atoms with Gasteiger partial charge in [0.25, 0.3) is 0 Å². The van der Waals surface area contributed by atoms with E-state index in [2.05, 4.69) is 19.9 Å². The second-order valence-corrected chi connectivity index (χ2v) is 7.60. The number of hydrogen-bond donors (Lipinski definition) is 1. The molecule has 0 radical (unpaired) electrons. The lowest BCUT2D eigenvalue weighted by Crippen LogP contribution is -2.27. The van der Waals surface area contributed by atoms with Crippen molar-refractivity contribution in [3.8, 4) is 17.3 Å². The lowest BCUT2D eigenvalue weighted by molar-refractivity contribution is -0.136. The summed E-state index contributed by atoms with van der Waals surface area (Å²) in [6.45, 7) is 2.26. The quantitative estimate of drug-likeness (QED) is 0.451. The highest BCUT2D eigenvalue weighted by Gasteiger charge is 2.34. The number of nitrogens with one attached hydrogen (secondary N) is 1. The maximum atomic E-state index is 15.8. The molecule has 0 atom stereocenters. The topological polar surface area (TPSA) is 76.2 Å². The smallest absolute Gasteiger partial charge is 0.417 e. The van der Waals surface area contributed by atoms with Crippen LogP contribution in [0.3, 0.4) is 0 Å². The SMILES string of the molecule is COc1nc(N2CCCOCC2)c2cnc(-c3c[nH]c4cccc(C(F)(F)F)c34)c(F)c2n1. The normalized spacial score (nSPS) is 15.2. The van der Waals surface area contributed by atoms with Crippen molar-refractivity contribution in [2.75, 3.05) is 38.3 Å². The molecule has 0 amide bonds. The molecule has 0 bridgehead atoms. The minimum Gasteiger partial charge on any atom is -0.467 e. The number of hydrogen-bond acceptors (Lipinski definition) is 6. The van der Waals surface area contributed by atoms with Crippen molar-refractivity contribution in [3.05, 3.63) is 42.0 Å². The molecular weight excluding hydrogens is 442 g/mol. The van der Waals surface area contributed by atoms with Crippen molar-refractivity contribution < 1.29 is 27.0 Å². The molecule has 0 aliphatic carbocycles. The Morgan fingerprint density at radius 1 is 1.15 bits per heavy atom. The predicted octanol–water partition coefficient (Wildman–Crippen LogP) is 4.57. The number of alkyl halides is 3. The van der Waals surface area contributed by atoms with Gasteiger partial charge < -0.3 is 19.4 Å². The number of nitrogens with zero attached hydrogens (tertiary/aromatic N) is 4. The van der Waals surface area contributed by atoms with Crippen LogP contribution in [0.1, 0.15) is 12.0 Å². The van der Waals surface area contributed by atoms with Crippen LogP contribution in [0.5, 0.6) is 6.01 Å². The maximum Gasteiger partial charge on any atom is 0.417 e. The minimum absolute atomic E-state index is 0.000346. The van der Waals surface area contributed by atoms with Gasteiger partial charge in [0, 0.05) is 48.6 Å². The molecule has 5 rings (SSSR count). The van der Waals surface area contributed by atoms with Crippen molar-refractivity contribution in [1.82, 2.24) is 19.9 Å². The zero-order valence-corrected chi connectivity index (χ0v) is 17.5. The van der Waals surface area contributed by atoms with Crippen molar-refractivity contribution >= 4 is 27.6 Å². The molecule has 3 aromatic heterocycles. The van der Waals surface area contributed by atoms with E-state index in [9.17, 15) is 13.2 Å². The van der Waals surface area contributed by atoms with Gasteiger partial charge in [-0.25, -0.2) is 4.39 Å². The van der Waals surface area contributed by atoms with E-state index in [0.29, 0.717) is 37.5 Å². The van der Waals surface area contributed by atoms with E-state index in [0.717, 1.165) is 12.5 Å².